The Labute approximate surface area is 167 Å². The molecule has 0 bridgehead atoms. The van der Waals surface area contributed by atoms with Crippen LogP contribution in [0.2, 0.25) is 0 Å². The van der Waals surface area contributed by atoms with Crippen molar-refractivity contribution in [3.63, 3.8) is 0 Å². The summed E-state index contributed by atoms with van der Waals surface area (Å²) in [7, 11) is -3.97. The van der Waals surface area contributed by atoms with Crippen molar-refractivity contribution >= 4 is 65.3 Å². The molecule has 1 aromatic carbocycles. The van der Waals surface area contributed by atoms with E-state index >= 15 is 0 Å². The molecule has 0 spiro atoms. The SMILES string of the molecule is CC1(C)[C@@H](N2C(=O)C(Br)(Br)C2Cl)C(=O)N(Cc2ccccc2)S1(=O)=O. The van der Waals surface area contributed by atoms with Crippen molar-refractivity contribution < 1.29 is 18.0 Å². The zero-order chi connectivity index (χ0) is 18.8. The van der Waals surface area contributed by atoms with Crippen LogP contribution in [-0.4, -0.2) is 49.0 Å². The minimum Gasteiger partial charge on any atom is -0.308 e. The van der Waals surface area contributed by atoms with Gasteiger partial charge in [-0.25, -0.2) is 12.7 Å². The smallest absolute Gasteiger partial charge is 0.260 e. The van der Waals surface area contributed by atoms with Crippen LogP contribution in [0.25, 0.3) is 0 Å². The van der Waals surface area contributed by atoms with E-state index in [4.69, 9.17) is 11.6 Å². The molecule has 0 radical (unpaired) electrons. The van der Waals surface area contributed by atoms with Crippen LogP contribution in [0.4, 0.5) is 0 Å². The maximum Gasteiger partial charge on any atom is 0.260 e. The quantitative estimate of drug-likeness (QED) is 0.353. The Morgan fingerprint density at radius 3 is 2.24 bits per heavy atom. The van der Waals surface area contributed by atoms with Crippen molar-refractivity contribution in [1.82, 2.24) is 9.21 Å². The highest BCUT2D eigenvalue weighted by atomic mass is 79.9. The summed E-state index contributed by atoms with van der Waals surface area (Å²) >= 11 is 12.5. The third-order valence-electron chi connectivity index (χ3n) is 4.60. The first-order valence-electron chi connectivity index (χ1n) is 7.38. The average Bonchev–Trinajstić information content (AvgIpc) is 2.67. The van der Waals surface area contributed by atoms with Gasteiger partial charge in [0.2, 0.25) is 10.0 Å². The Morgan fingerprint density at radius 2 is 1.72 bits per heavy atom. The molecule has 0 aromatic heterocycles. The summed E-state index contributed by atoms with van der Waals surface area (Å²) in [6, 6.07) is 7.64. The minimum atomic E-state index is -3.97. The van der Waals surface area contributed by atoms with Gasteiger partial charge < -0.3 is 4.90 Å². The van der Waals surface area contributed by atoms with E-state index in [1.54, 1.807) is 30.3 Å². The fourth-order valence-electron chi connectivity index (χ4n) is 3.08. The zero-order valence-electron chi connectivity index (χ0n) is 13.3. The van der Waals surface area contributed by atoms with Gasteiger partial charge in [0, 0.05) is 0 Å². The third kappa shape index (κ3) is 2.57. The molecule has 0 aliphatic carbocycles. The van der Waals surface area contributed by atoms with E-state index in [-0.39, 0.29) is 6.54 Å². The molecular weight excluding hydrogens is 500 g/mol. The predicted octanol–water partition coefficient (Wildman–Crippen LogP) is 2.40. The van der Waals surface area contributed by atoms with Gasteiger partial charge in [0.25, 0.3) is 11.8 Å². The number of halogens is 3. The van der Waals surface area contributed by atoms with Gasteiger partial charge in [-0.05, 0) is 19.4 Å². The molecule has 1 aromatic rings. The fourth-order valence-corrected chi connectivity index (χ4v) is 5.94. The van der Waals surface area contributed by atoms with E-state index in [9.17, 15) is 18.0 Å². The van der Waals surface area contributed by atoms with Crippen LogP contribution in [0.3, 0.4) is 0 Å². The standard InChI is InChI=1S/C15H15Br2ClN2O4S/c1-14(2)10(20-12(18)15(16,17)13(20)22)11(21)19(25(14,23)24)8-9-6-4-3-5-7-9/h3-7,10,12H,8H2,1-2H3/t10-,12?/m0/s1. The van der Waals surface area contributed by atoms with Gasteiger partial charge in [-0.3, -0.25) is 9.59 Å². The van der Waals surface area contributed by atoms with Crippen molar-refractivity contribution in [3.8, 4) is 0 Å². The molecule has 1 unspecified atom stereocenters. The molecule has 0 saturated carbocycles. The maximum absolute atomic E-state index is 13.0. The number of carbonyl (C=O) groups excluding carboxylic acids is 2. The molecule has 136 valence electrons. The van der Waals surface area contributed by atoms with Crippen LogP contribution in [0, 0.1) is 0 Å². The van der Waals surface area contributed by atoms with Crippen molar-refractivity contribution in [2.45, 2.75) is 39.9 Å². The van der Waals surface area contributed by atoms with E-state index in [0.29, 0.717) is 5.56 Å². The lowest BCUT2D eigenvalue weighted by molar-refractivity contribution is -0.152. The third-order valence-corrected chi connectivity index (χ3v) is 9.66. The second kappa shape index (κ2) is 5.94. The Balaban J connectivity index is 1.99. The highest BCUT2D eigenvalue weighted by Crippen LogP contribution is 2.51. The maximum atomic E-state index is 13.0. The summed E-state index contributed by atoms with van der Waals surface area (Å²) in [5, 5.41) is 0. The number of likely N-dealkylation sites (tertiary alicyclic amines) is 1. The highest BCUT2D eigenvalue weighted by molar-refractivity contribution is 9.26. The van der Waals surface area contributed by atoms with Gasteiger partial charge in [0.05, 0.1) is 6.54 Å². The molecule has 2 amide bonds. The summed E-state index contributed by atoms with van der Waals surface area (Å²) in [4.78, 5) is 26.4. The van der Waals surface area contributed by atoms with Crippen LogP contribution in [0.1, 0.15) is 19.4 Å². The Kier molecular flexibility index (Phi) is 4.54. The van der Waals surface area contributed by atoms with E-state index in [1.807, 2.05) is 0 Å². The Hall–Kier alpha value is -0.640. The topological polar surface area (TPSA) is 74.8 Å². The summed E-state index contributed by atoms with van der Waals surface area (Å²) in [5.41, 5.74) is -0.205. The lowest BCUT2D eigenvalue weighted by Gasteiger charge is -2.50. The van der Waals surface area contributed by atoms with Crippen molar-refractivity contribution in [1.29, 1.82) is 0 Å². The molecule has 3 rings (SSSR count). The summed E-state index contributed by atoms with van der Waals surface area (Å²) < 4.78 is 24.1. The molecule has 10 heteroatoms. The van der Waals surface area contributed by atoms with Crippen molar-refractivity contribution in [2.75, 3.05) is 0 Å². The number of β-lactam (4-membered cyclic amide) rings is 1. The number of rotatable bonds is 3. The van der Waals surface area contributed by atoms with Gasteiger partial charge >= 0.3 is 0 Å². The van der Waals surface area contributed by atoms with Gasteiger partial charge in [-0.1, -0.05) is 73.8 Å². The minimum absolute atomic E-state index is 0.0787. The number of hydrogen-bond donors (Lipinski definition) is 0. The molecule has 2 aliphatic rings. The number of sulfonamides is 1. The summed E-state index contributed by atoms with van der Waals surface area (Å²) in [6.07, 6.45) is 0. The number of nitrogens with zero attached hydrogens (tertiary/aromatic N) is 2. The van der Waals surface area contributed by atoms with Crippen LogP contribution in [0.5, 0.6) is 0 Å². The van der Waals surface area contributed by atoms with Gasteiger partial charge in [-0.15, -0.1) is 0 Å². The fraction of sp³-hybridized carbons (Fsp3) is 0.467. The molecule has 6 nitrogen and oxygen atoms in total. The molecule has 0 N–H and O–H groups in total. The second-order valence-corrected chi connectivity index (χ2v) is 12.9. The van der Waals surface area contributed by atoms with E-state index in [0.717, 1.165) is 9.21 Å². The summed E-state index contributed by atoms with van der Waals surface area (Å²) in [5.74, 6) is -1.13. The van der Waals surface area contributed by atoms with Gasteiger partial charge in [-0.2, -0.15) is 0 Å². The molecule has 2 saturated heterocycles. The van der Waals surface area contributed by atoms with Crippen molar-refractivity contribution in [2.24, 2.45) is 0 Å². The number of hydrogen-bond acceptors (Lipinski definition) is 4. The summed E-state index contributed by atoms with van der Waals surface area (Å²) in [6.45, 7) is 2.80. The molecule has 2 heterocycles. The highest BCUT2D eigenvalue weighted by Gasteiger charge is 2.69. The normalized spacial score (nSPS) is 29.6. The first kappa shape index (κ1) is 19.1. The zero-order valence-corrected chi connectivity index (χ0v) is 18.1. The van der Waals surface area contributed by atoms with Crippen LogP contribution in [-0.2, 0) is 26.2 Å². The number of carbonyl (C=O) groups is 2. The molecule has 2 aliphatic heterocycles. The van der Waals surface area contributed by atoms with Crippen LogP contribution >= 0.6 is 43.5 Å². The number of amides is 2. The monoisotopic (exact) mass is 512 g/mol. The first-order valence-corrected chi connectivity index (χ1v) is 10.8. The van der Waals surface area contributed by atoms with E-state index in [1.165, 1.54) is 13.8 Å². The predicted molar refractivity (Wildman–Crippen MR) is 101 cm³/mol. The Bertz CT molecular complexity index is 844. The van der Waals surface area contributed by atoms with Gasteiger partial charge in [0.1, 0.15) is 16.3 Å². The van der Waals surface area contributed by atoms with Crippen molar-refractivity contribution in [3.05, 3.63) is 35.9 Å². The number of alkyl halides is 3. The van der Waals surface area contributed by atoms with Crippen LogP contribution in [0.15, 0.2) is 30.3 Å². The van der Waals surface area contributed by atoms with E-state index < -0.39 is 41.4 Å². The van der Waals surface area contributed by atoms with E-state index in [2.05, 4.69) is 31.9 Å². The molecule has 2 fully saturated rings. The average molecular weight is 515 g/mol. The first-order chi connectivity index (χ1) is 11.4. The molecule has 2 atom stereocenters. The Morgan fingerprint density at radius 1 is 1.16 bits per heavy atom. The molecule has 25 heavy (non-hydrogen) atoms. The van der Waals surface area contributed by atoms with Gasteiger partial charge in [0.15, 0.2) is 3.23 Å². The number of benzene rings is 1. The van der Waals surface area contributed by atoms with Crippen LogP contribution < -0.4 is 0 Å². The molecular formula is C15H15Br2ClN2O4S. The largest absolute Gasteiger partial charge is 0.308 e. The lowest BCUT2D eigenvalue weighted by Crippen LogP contribution is -2.72. The second-order valence-electron chi connectivity index (χ2n) is 6.51. The lowest BCUT2D eigenvalue weighted by atomic mass is 9.96.